The van der Waals surface area contributed by atoms with Crippen molar-refractivity contribution in [2.45, 2.75) is 64.8 Å². The number of rotatable bonds is 7. The Labute approximate surface area is 242 Å². The summed E-state index contributed by atoms with van der Waals surface area (Å²) in [5.74, 6) is 1.42. The Morgan fingerprint density at radius 1 is 1.02 bits per heavy atom. The summed E-state index contributed by atoms with van der Waals surface area (Å²) in [5.41, 5.74) is -0.634. The Morgan fingerprint density at radius 3 is 2.46 bits per heavy atom. The first kappa shape index (κ1) is 27.9. The SMILES string of the molecule is C[C@H]1CC2C([C@@H](O)CC3(C)C2CC[C@]3(O)C(=O)COc2ccc(COc3ccccc3)cc2)C2(C)C=CC(=O)C=C12. The average molecular weight is 557 g/mol. The largest absolute Gasteiger partial charge is 0.489 e. The maximum atomic E-state index is 13.7. The molecular weight excluding hydrogens is 516 g/mol. The first-order chi connectivity index (χ1) is 19.5. The molecule has 4 aliphatic carbocycles. The van der Waals surface area contributed by atoms with Crippen LogP contribution in [0.1, 0.15) is 52.0 Å². The molecule has 0 spiro atoms. The van der Waals surface area contributed by atoms with Gasteiger partial charge in [0.2, 0.25) is 5.78 Å². The van der Waals surface area contributed by atoms with Crippen molar-refractivity contribution in [2.75, 3.05) is 6.61 Å². The zero-order valence-corrected chi connectivity index (χ0v) is 24.1. The van der Waals surface area contributed by atoms with Gasteiger partial charge in [-0.2, -0.15) is 0 Å². The quantitative estimate of drug-likeness (QED) is 0.470. The van der Waals surface area contributed by atoms with Gasteiger partial charge in [-0.05, 0) is 85.4 Å². The van der Waals surface area contributed by atoms with E-state index in [1.807, 2.05) is 67.6 Å². The van der Waals surface area contributed by atoms with E-state index in [0.717, 1.165) is 29.7 Å². The van der Waals surface area contributed by atoms with Crippen molar-refractivity contribution in [1.82, 2.24) is 0 Å². The molecule has 0 aliphatic heterocycles. The predicted octanol–water partition coefficient (Wildman–Crippen LogP) is 5.47. The van der Waals surface area contributed by atoms with Gasteiger partial charge < -0.3 is 19.7 Å². The molecule has 0 aromatic heterocycles. The van der Waals surface area contributed by atoms with Crippen molar-refractivity contribution < 1.29 is 29.3 Å². The summed E-state index contributed by atoms with van der Waals surface area (Å²) in [6, 6.07) is 17.1. The molecule has 2 aromatic rings. The third kappa shape index (κ3) is 4.56. The van der Waals surface area contributed by atoms with Gasteiger partial charge in [0, 0.05) is 16.7 Å². The van der Waals surface area contributed by atoms with Crippen LogP contribution in [0.25, 0.3) is 0 Å². The second-order valence-corrected chi connectivity index (χ2v) is 13.1. The van der Waals surface area contributed by atoms with Crippen LogP contribution in [0.15, 0.2) is 78.4 Å². The lowest BCUT2D eigenvalue weighted by Crippen LogP contribution is -2.62. The molecule has 2 aromatic carbocycles. The van der Waals surface area contributed by atoms with Crippen LogP contribution in [-0.2, 0) is 16.2 Å². The Balaban J connectivity index is 1.14. The molecule has 41 heavy (non-hydrogen) atoms. The van der Waals surface area contributed by atoms with Gasteiger partial charge >= 0.3 is 0 Å². The molecule has 5 unspecified atom stereocenters. The molecule has 2 N–H and O–H groups in total. The van der Waals surface area contributed by atoms with Crippen LogP contribution in [0.3, 0.4) is 0 Å². The highest BCUT2D eigenvalue weighted by Gasteiger charge is 2.68. The molecule has 0 radical (unpaired) electrons. The van der Waals surface area contributed by atoms with E-state index in [1.54, 1.807) is 12.2 Å². The molecule has 4 aliphatic rings. The van der Waals surface area contributed by atoms with Crippen LogP contribution >= 0.6 is 0 Å². The predicted molar refractivity (Wildman–Crippen MR) is 155 cm³/mol. The van der Waals surface area contributed by atoms with E-state index in [4.69, 9.17) is 9.47 Å². The second-order valence-electron chi connectivity index (χ2n) is 13.1. The molecule has 0 heterocycles. The van der Waals surface area contributed by atoms with Crippen molar-refractivity contribution in [2.24, 2.45) is 34.5 Å². The molecule has 3 fully saturated rings. The fourth-order valence-corrected chi connectivity index (χ4v) is 8.85. The van der Waals surface area contributed by atoms with Gasteiger partial charge in [-0.15, -0.1) is 0 Å². The van der Waals surface area contributed by atoms with Crippen molar-refractivity contribution in [3.63, 3.8) is 0 Å². The number of benzene rings is 2. The van der Waals surface area contributed by atoms with E-state index in [2.05, 4.69) is 13.8 Å². The number of Topliss-reactive ketones (excluding diaryl/α,β-unsaturated/α-hetero) is 1. The van der Waals surface area contributed by atoms with E-state index < -0.39 is 22.5 Å². The van der Waals surface area contributed by atoms with E-state index in [-0.39, 0.29) is 41.8 Å². The number of carbonyl (C=O) groups is 2. The van der Waals surface area contributed by atoms with E-state index >= 15 is 0 Å². The van der Waals surface area contributed by atoms with Gasteiger partial charge in [0.25, 0.3) is 0 Å². The third-order valence-electron chi connectivity index (χ3n) is 10.9. The van der Waals surface area contributed by atoms with Crippen LogP contribution in [0.4, 0.5) is 0 Å². The normalized spacial score (nSPS) is 37.4. The van der Waals surface area contributed by atoms with Crippen molar-refractivity contribution in [1.29, 1.82) is 0 Å². The van der Waals surface area contributed by atoms with Gasteiger partial charge in [-0.25, -0.2) is 0 Å². The molecule has 6 nitrogen and oxygen atoms in total. The Hall–Kier alpha value is -3.22. The Bertz CT molecular complexity index is 1380. The number of carbonyl (C=O) groups excluding carboxylic acids is 2. The molecular formula is C35H40O6. The van der Waals surface area contributed by atoms with Crippen LogP contribution in [0, 0.1) is 34.5 Å². The minimum atomic E-state index is -1.56. The summed E-state index contributed by atoms with van der Waals surface area (Å²) in [4.78, 5) is 25.8. The number of allylic oxidation sites excluding steroid dienone is 4. The fourth-order valence-electron chi connectivity index (χ4n) is 8.85. The second kappa shape index (κ2) is 10.2. The summed E-state index contributed by atoms with van der Waals surface area (Å²) in [7, 11) is 0. The van der Waals surface area contributed by atoms with Crippen LogP contribution in [-0.4, -0.2) is 40.1 Å². The van der Waals surface area contributed by atoms with E-state index in [0.29, 0.717) is 25.2 Å². The minimum absolute atomic E-state index is 0.00825. The Morgan fingerprint density at radius 2 is 1.73 bits per heavy atom. The summed E-state index contributed by atoms with van der Waals surface area (Å²) >= 11 is 0. The van der Waals surface area contributed by atoms with Gasteiger partial charge in [-0.3, -0.25) is 9.59 Å². The molecule has 0 bridgehead atoms. The monoisotopic (exact) mass is 556 g/mol. The number of para-hydroxylation sites is 1. The standard InChI is InChI=1S/C35H40O6/c1-22-17-27-28-14-16-35(39,34(28,3)19-30(37)32(27)33(2)15-13-24(36)18-29(22)33)31(38)21-41-26-11-9-23(10-12-26)20-40-25-7-5-4-6-8-25/h4-13,15,18,22,27-28,30,32,37,39H,14,16-17,19-21H2,1-3H3/t22-,27?,28?,30-,32?,33?,34?,35-/m0/s1. The average Bonchev–Trinajstić information content (AvgIpc) is 3.23. The zero-order chi connectivity index (χ0) is 29.0. The maximum Gasteiger partial charge on any atom is 0.202 e. The fraction of sp³-hybridized carbons (Fsp3) is 0.486. The molecule has 0 amide bonds. The summed E-state index contributed by atoms with van der Waals surface area (Å²) in [5, 5.41) is 23.6. The van der Waals surface area contributed by atoms with E-state index in [1.165, 1.54) is 0 Å². The molecule has 3 saturated carbocycles. The highest BCUT2D eigenvalue weighted by Crippen LogP contribution is 2.67. The summed E-state index contributed by atoms with van der Waals surface area (Å²) in [6.45, 7) is 6.48. The molecule has 8 atom stereocenters. The van der Waals surface area contributed by atoms with Gasteiger partial charge in [0.05, 0.1) is 6.10 Å². The lowest BCUT2D eigenvalue weighted by molar-refractivity contribution is -0.179. The molecule has 6 rings (SSSR count). The lowest BCUT2D eigenvalue weighted by Gasteiger charge is -2.60. The number of aliphatic hydroxyl groups is 2. The highest BCUT2D eigenvalue weighted by molar-refractivity contribution is 6.01. The number of aliphatic hydroxyl groups excluding tert-OH is 1. The number of hydrogen-bond donors (Lipinski definition) is 2. The number of hydrogen-bond acceptors (Lipinski definition) is 6. The topological polar surface area (TPSA) is 93.1 Å². The number of fused-ring (bicyclic) bond motifs is 5. The Kier molecular flexibility index (Phi) is 6.98. The van der Waals surface area contributed by atoms with Gasteiger partial charge in [-0.1, -0.05) is 62.8 Å². The molecule has 6 heteroatoms. The van der Waals surface area contributed by atoms with Crippen molar-refractivity contribution in [3.05, 3.63) is 84.0 Å². The molecule has 0 saturated heterocycles. The molecule has 216 valence electrons. The first-order valence-electron chi connectivity index (χ1n) is 14.8. The first-order valence-corrected chi connectivity index (χ1v) is 14.8. The zero-order valence-electron chi connectivity index (χ0n) is 24.1. The van der Waals surface area contributed by atoms with E-state index in [9.17, 15) is 19.8 Å². The highest BCUT2D eigenvalue weighted by atomic mass is 16.5. The summed E-state index contributed by atoms with van der Waals surface area (Å²) in [6.07, 6.45) is 6.97. The van der Waals surface area contributed by atoms with Crippen molar-refractivity contribution >= 4 is 11.6 Å². The van der Waals surface area contributed by atoms with Crippen LogP contribution in [0.2, 0.25) is 0 Å². The third-order valence-corrected chi connectivity index (χ3v) is 10.9. The van der Waals surface area contributed by atoms with Gasteiger partial charge in [0.1, 0.15) is 30.3 Å². The lowest BCUT2D eigenvalue weighted by atomic mass is 9.45. The minimum Gasteiger partial charge on any atom is -0.489 e. The number of ether oxygens (including phenoxy) is 2. The number of ketones is 2. The van der Waals surface area contributed by atoms with Crippen LogP contribution in [0.5, 0.6) is 11.5 Å². The maximum absolute atomic E-state index is 13.7. The summed E-state index contributed by atoms with van der Waals surface area (Å²) < 4.78 is 11.7. The van der Waals surface area contributed by atoms with Crippen LogP contribution < -0.4 is 9.47 Å². The van der Waals surface area contributed by atoms with Gasteiger partial charge in [0.15, 0.2) is 5.78 Å². The van der Waals surface area contributed by atoms with Crippen molar-refractivity contribution in [3.8, 4) is 11.5 Å². The smallest absolute Gasteiger partial charge is 0.202 e.